The summed E-state index contributed by atoms with van der Waals surface area (Å²) in [5.74, 6) is 0.993. The second-order valence-corrected chi connectivity index (χ2v) is 7.69. The van der Waals surface area contributed by atoms with Crippen LogP contribution in [-0.2, 0) is 18.4 Å². The monoisotopic (exact) mass is 350 g/mol. The van der Waals surface area contributed by atoms with Gasteiger partial charge in [-0.15, -0.1) is 0 Å². The number of aryl methyl sites for hydroxylation is 1. The minimum absolute atomic E-state index is 0.0828. The summed E-state index contributed by atoms with van der Waals surface area (Å²) in [4.78, 5) is 18.5. The predicted octanol–water partition coefficient (Wildman–Crippen LogP) is 1.86. The molecule has 0 saturated heterocycles. The van der Waals surface area contributed by atoms with Crippen LogP contribution in [0.25, 0.3) is 0 Å². The molecule has 7 heteroatoms. The number of nitrogens with zero attached hydrogens (tertiary/aromatic N) is 4. The minimum Gasteiger partial charge on any atom is -0.357 e. The van der Waals surface area contributed by atoms with Crippen LogP contribution in [0, 0.1) is 0 Å². The second kappa shape index (κ2) is 8.87. The molecule has 0 radical (unpaired) electrons. The fraction of sp³-hybridized carbons (Fsp3) is 0.722. The van der Waals surface area contributed by atoms with Gasteiger partial charge < -0.3 is 15.5 Å². The molecule has 0 saturated carbocycles. The molecule has 7 nitrogen and oxygen atoms in total. The van der Waals surface area contributed by atoms with Crippen molar-refractivity contribution in [1.82, 2.24) is 25.3 Å². The van der Waals surface area contributed by atoms with E-state index in [0.717, 1.165) is 12.2 Å². The first-order valence-corrected chi connectivity index (χ1v) is 8.86. The maximum absolute atomic E-state index is 12.0. The van der Waals surface area contributed by atoms with Gasteiger partial charge in [-0.05, 0) is 33.6 Å². The Labute approximate surface area is 151 Å². The third-order valence-electron chi connectivity index (χ3n) is 3.47. The van der Waals surface area contributed by atoms with Gasteiger partial charge in [0.05, 0.1) is 5.69 Å². The molecule has 1 heterocycles. The first-order valence-electron chi connectivity index (χ1n) is 8.86. The van der Waals surface area contributed by atoms with Crippen molar-refractivity contribution in [2.75, 3.05) is 20.1 Å². The molecule has 142 valence electrons. The van der Waals surface area contributed by atoms with Gasteiger partial charge >= 0.3 is 0 Å². The van der Waals surface area contributed by atoms with Crippen LogP contribution < -0.4 is 10.6 Å². The zero-order valence-electron chi connectivity index (χ0n) is 17.0. The highest BCUT2D eigenvalue weighted by Crippen LogP contribution is 2.18. The third-order valence-corrected chi connectivity index (χ3v) is 3.47. The first kappa shape index (κ1) is 21.0. The van der Waals surface area contributed by atoms with Crippen molar-refractivity contribution in [1.29, 1.82) is 0 Å². The van der Waals surface area contributed by atoms with Gasteiger partial charge in [0.1, 0.15) is 6.54 Å². The number of guanidine groups is 1. The molecule has 1 aromatic rings. The minimum atomic E-state index is -0.251. The van der Waals surface area contributed by atoms with Crippen LogP contribution in [0.4, 0.5) is 0 Å². The van der Waals surface area contributed by atoms with Gasteiger partial charge in [0.15, 0.2) is 5.96 Å². The van der Waals surface area contributed by atoms with Crippen molar-refractivity contribution in [2.24, 2.45) is 12.0 Å². The summed E-state index contributed by atoms with van der Waals surface area (Å²) >= 11 is 0. The molecule has 0 fully saturated rings. The van der Waals surface area contributed by atoms with Crippen molar-refractivity contribution in [3.05, 3.63) is 17.5 Å². The van der Waals surface area contributed by atoms with E-state index in [4.69, 9.17) is 0 Å². The molecule has 1 aromatic heterocycles. The Hall–Kier alpha value is -2.05. The molecule has 0 unspecified atom stereocenters. The molecule has 0 spiro atoms. The number of rotatable bonds is 6. The molecule has 0 aliphatic rings. The number of aromatic nitrogens is 2. The maximum atomic E-state index is 12.0. The van der Waals surface area contributed by atoms with E-state index in [-0.39, 0.29) is 18.0 Å². The van der Waals surface area contributed by atoms with Gasteiger partial charge in [0, 0.05) is 44.5 Å². The summed E-state index contributed by atoms with van der Waals surface area (Å²) in [5, 5.41) is 10.7. The predicted molar refractivity (Wildman–Crippen MR) is 103 cm³/mol. The molecule has 1 amide bonds. The van der Waals surface area contributed by atoms with Gasteiger partial charge in [-0.25, -0.2) is 4.99 Å². The summed E-state index contributed by atoms with van der Waals surface area (Å²) < 4.78 is 1.85. The van der Waals surface area contributed by atoms with E-state index in [1.165, 1.54) is 5.56 Å². The lowest BCUT2D eigenvalue weighted by Gasteiger charge is -2.23. The molecular weight excluding hydrogens is 316 g/mol. The van der Waals surface area contributed by atoms with Crippen molar-refractivity contribution in [3.8, 4) is 0 Å². The fourth-order valence-electron chi connectivity index (χ4n) is 2.57. The third kappa shape index (κ3) is 7.15. The molecular formula is C18H34N6O. The second-order valence-electron chi connectivity index (χ2n) is 7.69. The molecule has 25 heavy (non-hydrogen) atoms. The molecule has 0 aliphatic carbocycles. The zero-order chi connectivity index (χ0) is 19.2. The van der Waals surface area contributed by atoms with E-state index in [1.807, 2.05) is 57.6 Å². The van der Waals surface area contributed by atoms with Crippen LogP contribution in [0.3, 0.4) is 0 Å². The maximum Gasteiger partial charge on any atom is 0.242 e. The highest BCUT2D eigenvalue weighted by molar-refractivity contribution is 5.85. The van der Waals surface area contributed by atoms with Gasteiger partial charge in [-0.2, -0.15) is 5.10 Å². The SMILES string of the molecule is CCNC(=NCC(=O)NC(C)(C)C)N(C)Cc1cn(C)nc1C(C)C. The van der Waals surface area contributed by atoms with Crippen LogP contribution in [0.5, 0.6) is 0 Å². The smallest absolute Gasteiger partial charge is 0.242 e. The Morgan fingerprint density at radius 2 is 2.04 bits per heavy atom. The van der Waals surface area contributed by atoms with Gasteiger partial charge in [0.2, 0.25) is 5.91 Å². The lowest BCUT2D eigenvalue weighted by atomic mass is 10.1. The number of hydrogen-bond donors (Lipinski definition) is 2. The Balaban J connectivity index is 2.84. The molecule has 0 aliphatic heterocycles. The lowest BCUT2D eigenvalue weighted by Crippen LogP contribution is -2.43. The number of hydrogen-bond acceptors (Lipinski definition) is 3. The molecule has 0 aromatic carbocycles. The topological polar surface area (TPSA) is 74.6 Å². The Bertz CT molecular complexity index is 597. The van der Waals surface area contributed by atoms with Crippen LogP contribution in [-0.4, -0.2) is 52.2 Å². The first-order chi connectivity index (χ1) is 11.5. The lowest BCUT2D eigenvalue weighted by molar-refractivity contribution is -0.121. The summed E-state index contributed by atoms with van der Waals surface area (Å²) in [6, 6.07) is 0. The highest BCUT2D eigenvalue weighted by atomic mass is 16.2. The van der Waals surface area contributed by atoms with Gasteiger partial charge in [-0.3, -0.25) is 9.48 Å². The largest absolute Gasteiger partial charge is 0.357 e. The van der Waals surface area contributed by atoms with E-state index in [0.29, 0.717) is 18.4 Å². The van der Waals surface area contributed by atoms with E-state index >= 15 is 0 Å². The summed E-state index contributed by atoms with van der Waals surface area (Å²) in [6.07, 6.45) is 2.04. The summed E-state index contributed by atoms with van der Waals surface area (Å²) in [7, 11) is 3.91. The molecule has 1 rings (SSSR count). The van der Waals surface area contributed by atoms with Gasteiger partial charge in [0.25, 0.3) is 0 Å². The Morgan fingerprint density at radius 1 is 1.40 bits per heavy atom. The van der Waals surface area contributed by atoms with Crippen molar-refractivity contribution in [2.45, 2.75) is 59.5 Å². The van der Waals surface area contributed by atoms with Crippen LogP contribution in [0.2, 0.25) is 0 Å². The summed E-state index contributed by atoms with van der Waals surface area (Å²) in [5.41, 5.74) is 2.01. The number of carbonyl (C=O) groups is 1. The van der Waals surface area contributed by atoms with E-state index < -0.39 is 0 Å². The molecule has 2 N–H and O–H groups in total. The number of amides is 1. The van der Waals surface area contributed by atoms with Crippen molar-refractivity contribution < 1.29 is 4.79 Å². The Morgan fingerprint density at radius 3 is 2.56 bits per heavy atom. The van der Waals surface area contributed by atoms with Crippen molar-refractivity contribution in [3.63, 3.8) is 0 Å². The fourth-order valence-corrected chi connectivity index (χ4v) is 2.57. The average molecular weight is 351 g/mol. The standard InChI is InChI=1S/C18H34N6O/c1-9-19-17(20-10-15(25)21-18(4,5)6)23(7)11-14-12-24(8)22-16(14)13(2)3/h12-13H,9-11H2,1-8H3,(H,19,20)(H,21,25). The van der Waals surface area contributed by atoms with Crippen molar-refractivity contribution >= 4 is 11.9 Å². The Kier molecular flexibility index (Phi) is 7.45. The zero-order valence-corrected chi connectivity index (χ0v) is 17.0. The van der Waals surface area contributed by atoms with Crippen LogP contribution in [0.1, 0.15) is 58.7 Å². The molecule has 0 atom stereocenters. The normalized spacial score (nSPS) is 12.4. The van der Waals surface area contributed by atoms with Crippen LogP contribution >= 0.6 is 0 Å². The van der Waals surface area contributed by atoms with E-state index in [2.05, 4.69) is 34.6 Å². The average Bonchev–Trinajstić information content (AvgIpc) is 2.82. The van der Waals surface area contributed by atoms with Crippen LogP contribution in [0.15, 0.2) is 11.2 Å². The molecule has 0 bridgehead atoms. The number of nitrogens with one attached hydrogen (secondary N) is 2. The van der Waals surface area contributed by atoms with E-state index in [9.17, 15) is 4.79 Å². The quantitative estimate of drug-likeness (QED) is 0.607. The number of carbonyl (C=O) groups excluding carboxylic acids is 1. The van der Waals surface area contributed by atoms with E-state index in [1.54, 1.807) is 0 Å². The number of aliphatic imine (C=N–C) groups is 1. The highest BCUT2D eigenvalue weighted by Gasteiger charge is 2.16. The summed E-state index contributed by atoms with van der Waals surface area (Å²) in [6.45, 7) is 13.7. The van der Waals surface area contributed by atoms with Gasteiger partial charge in [-0.1, -0.05) is 13.8 Å².